The molecule has 1 aromatic carbocycles. The second-order valence-corrected chi connectivity index (χ2v) is 4.23. The lowest BCUT2D eigenvalue weighted by Gasteiger charge is -2.08. The summed E-state index contributed by atoms with van der Waals surface area (Å²) in [6, 6.07) is 3.43. The lowest BCUT2D eigenvalue weighted by atomic mass is 10.2. The van der Waals surface area contributed by atoms with E-state index in [1.807, 2.05) is 0 Å². The van der Waals surface area contributed by atoms with Crippen LogP contribution in [0, 0.1) is 5.82 Å². The summed E-state index contributed by atoms with van der Waals surface area (Å²) in [7, 11) is 0. The Labute approximate surface area is 115 Å². The number of hydrogen-bond acceptors (Lipinski definition) is 3. The highest BCUT2D eigenvalue weighted by Crippen LogP contribution is 2.24. The van der Waals surface area contributed by atoms with Gasteiger partial charge in [-0.05, 0) is 17.7 Å². The normalized spacial score (nSPS) is 11.1. The van der Waals surface area contributed by atoms with Crippen molar-refractivity contribution in [2.45, 2.75) is 13.0 Å². The van der Waals surface area contributed by atoms with Crippen LogP contribution in [-0.4, -0.2) is 26.1 Å². The SMILES string of the molecule is O=C(O)c1nnn(Cc2ccc(F)cc2Cl)c1C(F)F. The van der Waals surface area contributed by atoms with E-state index in [4.69, 9.17) is 16.7 Å². The van der Waals surface area contributed by atoms with Crippen LogP contribution in [0.15, 0.2) is 18.2 Å². The summed E-state index contributed by atoms with van der Waals surface area (Å²) in [4.78, 5) is 10.8. The van der Waals surface area contributed by atoms with Crippen LogP contribution in [0.25, 0.3) is 0 Å². The Bertz CT molecular complexity index is 660. The fraction of sp³-hybridized carbons (Fsp3) is 0.182. The molecule has 0 saturated carbocycles. The first-order chi connectivity index (χ1) is 9.40. The van der Waals surface area contributed by atoms with E-state index < -0.39 is 29.6 Å². The maximum Gasteiger partial charge on any atom is 0.358 e. The van der Waals surface area contributed by atoms with E-state index in [0.29, 0.717) is 5.56 Å². The van der Waals surface area contributed by atoms with E-state index in [-0.39, 0.29) is 11.6 Å². The van der Waals surface area contributed by atoms with Gasteiger partial charge in [0, 0.05) is 5.02 Å². The quantitative estimate of drug-likeness (QED) is 0.943. The molecule has 0 aliphatic rings. The van der Waals surface area contributed by atoms with Crippen LogP contribution >= 0.6 is 11.6 Å². The van der Waals surface area contributed by atoms with E-state index in [1.165, 1.54) is 6.07 Å². The number of nitrogens with zero attached hydrogens (tertiary/aromatic N) is 3. The maximum atomic E-state index is 12.9. The van der Waals surface area contributed by atoms with E-state index in [2.05, 4.69) is 10.3 Å². The summed E-state index contributed by atoms with van der Waals surface area (Å²) in [6.07, 6.45) is -3.06. The number of aromatic nitrogens is 3. The average Bonchev–Trinajstić information content (AvgIpc) is 2.76. The Kier molecular flexibility index (Phi) is 3.93. The molecule has 0 bridgehead atoms. The van der Waals surface area contributed by atoms with E-state index >= 15 is 0 Å². The van der Waals surface area contributed by atoms with Crippen LogP contribution in [-0.2, 0) is 6.54 Å². The van der Waals surface area contributed by atoms with Crippen molar-refractivity contribution in [3.8, 4) is 0 Å². The maximum absolute atomic E-state index is 12.9. The van der Waals surface area contributed by atoms with Crippen molar-refractivity contribution >= 4 is 17.6 Å². The molecule has 0 atom stereocenters. The van der Waals surface area contributed by atoms with Gasteiger partial charge in [-0.3, -0.25) is 0 Å². The van der Waals surface area contributed by atoms with Gasteiger partial charge in [0.05, 0.1) is 6.54 Å². The molecular weight excluding hydrogens is 299 g/mol. The monoisotopic (exact) mass is 305 g/mol. The molecule has 0 unspecified atom stereocenters. The molecule has 0 spiro atoms. The van der Waals surface area contributed by atoms with E-state index in [1.54, 1.807) is 0 Å². The van der Waals surface area contributed by atoms with Crippen LogP contribution in [0.1, 0.15) is 28.2 Å². The van der Waals surface area contributed by atoms with Gasteiger partial charge in [-0.2, -0.15) is 0 Å². The zero-order valence-electron chi connectivity index (χ0n) is 9.73. The van der Waals surface area contributed by atoms with E-state index in [9.17, 15) is 18.0 Å². The molecule has 0 amide bonds. The van der Waals surface area contributed by atoms with Gasteiger partial charge in [0.15, 0.2) is 5.69 Å². The molecular formula is C11H7ClF3N3O2. The summed E-state index contributed by atoms with van der Waals surface area (Å²) in [5.74, 6) is -2.17. The van der Waals surface area contributed by atoms with Crippen molar-refractivity contribution in [3.63, 3.8) is 0 Å². The predicted octanol–water partition coefficient (Wildman–Crippen LogP) is 2.75. The Morgan fingerprint density at radius 3 is 2.70 bits per heavy atom. The molecule has 2 rings (SSSR count). The fourth-order valence-electron chi connectivity index (χ4n) is 1.62. The number of carboxylic acids is 1. The largest absolute Gasteiger partial charge is 0.476 e. The van der Waals surface area contributed by atoms with Crippen LogP contribution in [0.4, 0.5) is 13.2 Å². The molecule has 0 aliphatic carbocycles. The van der Waals surface area contributed by atoms with Gasteiger partial charge in [0.1, 0.15) is 11.5 Å². The molecule has 0 aliphatic heterocycles. The fourth-order valence-corrected chi connectivity index (χ4v) is 1.84. The van der Waals surface area contributed by atoms with Crippen LogP contribution in [0.3, 0.4) is 0 Å². The number of carbonyl (C=O) groups is 1. The van der Waals surface area contributed by atoms with Gasteiger partial charge < -0.3 is 5.11 Å². The second kappa shape index (κ2) is 5.49. The van der Waals surface area contributed by atoms with Gasteiger partial charge in [-0.1, -0.05) is 22.9 Å². The summed E-state index contributed by atoms with van der Waals surface area (Å²) in [5, 5.41) is 15.4. The lowest BCUT2D eigenvalue weighted by Crippen LogP contribution is -2.10. The number of hydrogen-bond donors (Lipinski definition) is 1. The van der Waals surface area contributed by atoms with Gasteiger partial charge in [0.2, 0.25) is 0 Å². The lowest BCUT2D eigenvalue weighted by molar-refractivity contribution is 0.0675. The third-order valence-electron chi connectivity index (χ3n) is 2.52. The zero-order chi connectivity index (χ0) is 14.9. The smallest absolute Gasteiger partial charge is 0.358 e. The number of halogens is 4. The number of benzene rings is 1. The third kappa shape index (κ3) is 2.74. The third-order valence-corrected chi connectivity index (χ3v) is 2.87. The average molecular weight is 306 g/mol. The number of rotatable bonds is 4. The first-order valence-electron chi connectivity index (χ1n) is 5.29. The molecule has 2 aromatic rings. The van der Waals surface area contributed by atoms with Gasteiger partial charge >= 0.3 is 5.97 Å². The topological polar surface area (TPSA) is 68.0 Å². The molecule has 20 heavy (non-hydrogen) atoms. The summed E-state index contributed by atoms with van der Waals surface area (Å²) in [6.45, 7) is -0.237. The minimum absolute atomic E-state index is 0.0255. The minimum atomic E-state index is -3.06. The number of aromatic carboxylic acids is 1. The highest BCUT2D eigenvalue weighted by molar-refractivity contribution is 6.31. The molecule has 1 N–H and O–H groups in total. The van der Waals surface area contributed by atoms with Gasteiger partial charge in [-0.25, -0.2) is 22.6 Å². The molecule has 5 nitrogen and oxygen atoms in total. The van der Waals surface area contributed by atoms with Gasteiger partial charge in [-0.15, -0.1) is 5.10 Å². The van der Waals surface area contributed by atoms with Crippen molar-refractivity contribution < 1.29 is 23.1 Å². The molecule has 106 valence electrons. The molecule has 0 saturated heterocycles. The van der Waals surface area contributed by atoms with Crippen molar-refractivity contribution in [1.29, 1.82) is 0 Å². The molecule has 0 fully saturated rings. The Hall–Kier alpha value is -2.09. The predicted molar refractivity (Wildman–Crippen MR) is 62.5 cm³/mol. The van der Waals surface area contributed by atoms with Crippen molar-refractivity contribution in [2.75, 3.05) is 0 Å². The Morgan fingerprint density at radius 1 is 1.45 bits per heavy atom. The first-order valence-corrected chi connectivity index (χ1v) is 5.66. The summed E-state index contributed by atoms with van der Waals surface area (Å²) in [5.41, 5.74) is -1.33. The van der Waals surface area contributed by atoms with Crippen molar-refractivity contribution in [2.24, 2.45) is 0 Å². The van der Waals surface area contributed by atoms with Crippen LogP contribution in [0.5, 0.6) is 0 Å². The summed E-state index contributed by atoms with van der Waals surface area (Å²) < 4.78 is 39.4. The minimum Gasteiger partial charge on any atom is -0.476 e. The van der Waals surface area contributed by atoms with Gasteiger partial charge in [0.25, 0.3) is 6.43 Å². The zero-order valence-corrected chi connectivity index (χ0v) is 10.5. The molecule has 0 radical (unpaired) electrons. The van der Waals surface area contributed by atoms with Crippen LogP contribution in [0.2, 0.25) is 5.02 Å². The first kappa shape index (κ1) is 14.3. The number of alkyl halides is 2. The highest BCUT2D eigenvalue weighted by Gasteiger charge is 2.26. The standard InChI is InChI=1S/C11H7ClF3N3O2/c12-7-3-6(13)2-1-5(7)4-18-9(10(14)15)8(11(19)20)16-17-18/h1-3,10H,4H2,(H,19,20). The number of carboxylic acid groups (broad SMARTS) is 1. The highest BCUT2D eigenvalue weighted by atomic mass is 35.5. The molecule has 1 aromatic heterocycles. The van der Waals surface area contributed by atoms with Crippen molar-refractivity contribution in [3.05, 3.63) is 46.0 Å². The summed E-state index contributed by atoms with van der Waals surface area (Å²) >= 11 is 5.78. The second-order valence-electron chi connectivity index (χ2n) is 3.82. The Morgan fingerprint density at radius 2 is 2.15 bits per heavy atom. The van der Waals surface area contributed by atoms with Crippen molar-refractivity contribution in [1.82, 2.24) is 15.0 Å². The Balaban J connectivity index is 2.41. The van der Waals surface area contributed by atoms with Crippen LogP contribution < -0.4 is 0 Å². The molecule has 9 heteroatoms. The van der Waals surface area contributed by atoms with E-state index in [0.717, 1.165) is 16.8 Å². The molecule has 1 heterocycles.